The van der Waals surface area contributed by atoms with Crippen molar-refractivity contribution in [3.63, 3.8) is 0 Å². The number of aromatic nitrogens is 1. The van der Waals surface area contributed by atoms with Crippen LogP contribution in [0.15, 0.2) is 0 Å². The van der Waals surface area contributed by atoms with Crippen LogP contribution in [0, 0.1) is 6.92 Å². The average molecular weight is 247 g/mol. The molecule has 1 aromatic rings. The second kappa shape index (κ2) is 3.72. The minimum absolute atomic E-state index is 0.324. The molecule has 0 amide bonds. The standard InChI is InChI=1S/C7H8N2O3Se/c1-3-5(13-7(8)9-3)4(10)6(11)12-2/h1-2H3,(H2,8,9). The number of ether oxygens (including phenoxy) is 1. The molecule has 1 aromatic heterocycles. The molecule has 2 N–H and O–H groups in total. The van der Waals surface area contributed by atoms with E-state index in [-0.39, 0.29) is 14.5 Å². The summed E-state index contributed by atoms with van der Waals surface area (Å²) < 4.78 is 5.10. The third-order valence-corrected chi connectivity index (χ3v) is 3.46. The zero-order valence-electron chi connectivity index (χ0n) is 7.16. The van der Waals surface area contributed by atoms with Crippen LogP contribution >= 0.6 is 0 Å². The molecule has 13 heavy (non-hydrogen) atoms. The summed E-state index contributed by atoms with van der Waals surface area (Å²) in [4.78, 5) is 26.0. The molecule has 0 saturated heterocycles. The summed E-state index contributed by atoms with van der Waals surface area (Å²) in [5.41, 5.74) is 5.95. The van der Waals surface area contributed by atoms with Crippen molar-refractivity contribution in [3.05, 3.63) is 10.1 Å². The molecule has 0 aliphatic heterocycles. The molecule has 0 unspecified atom stereocenters. The Hall–Kier alpha value is -1.13. The first kappa shape index (κ1) is 9.95. The van der Waals surface area contributed by atoms with Gasteiger partial charge in [-0.1, -0.05) is 0 Å². The van der Waals surface area contributed by atoms with Crippen LogP contribution < -0.4 is 5.73 Å². The number of aryl methyl sites for hydroxylation is 1. The van der Waals surface area contributed by atoms with E-state index in [0.717, 1.165) is 0 Å². The van der Waals surface area contributed by atoms with Crippen LogP contribution in [-0.2, 0) is 9.53 Å². The van der Waals surface area contributed by atoms with E-state index in [0.29, 0.717) is 14.8 Å². The van der Waals surface area contributed by atoms with Gasteiger partial charge in [-0.25, -0.2) is 0 Å². The number of anilines is 1. The van der Waals surface area contributed by atoms with E-state index in [9.17, 15) is 9.59 Å². The summed E-state index contributed by atoms with van der Waals surface area (Å²) in [6.07, 6.45) is 0. The molecule has 0 bridgehead atoms. The van der Waals surface area contributed by atoms with Crippen LogP contribution in [0.25, 0.3) is 0 Å². The van der Waals surface area contributed by atoms with Crippen LogP contribution in [-0.4, -0.2) is 38.3 Å². The fourth-order valence-corrected chi connectivity index (χ4v) is 2.41. The monoisotopic (exact) mass is 248 g/mol. The average Bonchev–Trinajstić information content (AvgIpc) is 2.42. The first-order valence-electron chi connectivity index (χ1n) is 3.41. The molecule has 1 heterocycles. The second-order valence-electron chi connectivity index (χ2n) is 2.29. The molecule has 0 fully saturated rings. The molecule has 0 spiro atoms. The Morgan fingerprint density at radius 3 is 2.54 bits per heavy atom. The van der Waals surface area contributed by atoms with E-state index in [1.54, 1.807) is 6.92 Å². The number of carbonyl (C=O) groups excluding carboxylic acids is 2. The van der Waals surface area contributed by atoms with Gasteiger partial charge in [-0.2, -0.15) is 0 Å². The molecule has 1 rings (SSSR count). The van der Waals surface area contributed by atoms with Crippen LogP contribution in [0.5, 0.6) is 0 Å². The number of esters is 1. The summed E-state index contributed by atoms with van der Waals surface area (Å²) in [5.74, 6) is -1.50. The first-order valence-corrected chi connectivity index (χ1v) is 5.13. The van der Waals surface area contributed by atoms with Gasteiger partial charge >= 0.3 is 80.2 Å². The van der Waals surface area contributed by atoms with Crippen LogP contribution in [0.1, 0.15) is 14.9 Å². The molecule has 70 valence electrons. The van der Waals surface area contributed by atoms with Crippen molar-refractivity contribution < 1.29 is 14.3 Å². The van der Waals surface area contributed by atoms with E-state index in [1.807, 2.05) is 0 Å². The molecule has 6 heteroatoms. The van der Waals surface area contributed by atoms with E-state index in [4.69, 9.17) is 5.73 Å². The van der Waals surface area contributed by atoms with Crippen molar-refractivity contribution in [2.24, 2.45) is 0 Å². The molecule has 0 aromatic carbocycles. The second-order valence-corrected chi connectivity index (χ2v) is 4.45. The van der Waals surface area contributed by atoms with Gasteiger partial charge in [-0.05, 0) is 0 Å². The van der Waals surface area contributed by atoms with Crippen molar-refractivity contribution in [3.8, 4) is 0 Å². The summed E-state index contributed by atoms with van der Waals surface area (Å²) in [5, 5.41) is 0. The molecule has 0 saturated carbocycles. The van der Waals surface area contributed by atoms with Crippen molar-refractivity contribution in [1.29, 1.82) is 0 Å². The third kappa shape index (κ3) is 1.96. The van der Waals surface area contributed by atoms with Crippen LogP contribution in [0.2, 0.25) is 0 Å². The number of hydrogen-bond acceptors (Lipinski definition) is 5. The maximum absolute atomic E-state index is 11.3. The minimum atomic E-state index is -0.860. The van der Waals surface area contributed by atoms with Gasteiger partial charge in [-0.3, -0.25) is 0 Å². The topological polar surface area (TPSA) is 82.3 Å². The first-order chi connectivity index (χ1) is 6.06. The van der Waals surface area contributed by atoms with E-state index in [1.165, 1.54) is 7.11 Å². The maximum atomic E-state index is 11.3. The van der Waals surface area contributed by atoms with Crippen LogP contribution in [0.3, 0.4) is 0 Å². The quantitative estimate of drug-likeness (QED) is 0.326. The Labute approximate surface area is 80.6 Å². The Morgan fingerprint density at radius 1 is 1.54 bits per heavy atom. The number of nitrogens with zero attached hydrogens (tertiary/aromatic N) is 1. The van der Waals surface area contributed by atoms with Gasteiger partial charge in [0.15, 0.2) is 0 Å². The van der Waals surface area contributed by atoms with Crippen LogP contribution in [0.4, 0.5) is 4.69 Å². The molecule has 0 aliphatic rings. The van der Waals surface area contributed by atoms with Gasteiger partial charge in [0.2, 0.25) is 0 Å². The molecule has 5 nitrogen and oxygen atoms in total. The Kier molecular flexibility index (Phi) is 2.85. The van der Waals surface area contributed by atoms with Gasteiger partial charge in [0, 0.05) is 0 Å². The number of carbonyl (C=O) groups is 2. The predicted octanol–water partition coefficient (Wildman–Crippen LogP) is -0.615. The molecule has 0 atom stereocenters. The number of Topliss-reactive ketones (excluding diaryl/α,β-unsaturated/α-hetero) is 1. The van der Waals surface area contributed by atoms with Gasteiger partial charge in [0.25, 0.3) is 0 Å². The van der Waals surface area contributed by atoms with Gasteiger partial charge in [-0.15, -0.1) is 0 Å². The summed E-state index contributed by atoms with van der Waals surface area (Å²) in [7, 11) is 1.17. The van der Waals surface area contributed by atoms with E-state index >= 15 is 0 Å². The summed E-state index contributed by atoms with van der Waals surface area (Å²) in [6.45, 7) is 1.65. The fourth-order valence-electron chi connectivity index (χ4n) is 0.813. The van der Waals surface area contributed by atoms with Crippen molar-refractivity contribution >= 4 is 30.9 Å². The normalized spacial score (nSPS) is 9.69. The number of methoxy groups -OCH3 is 1. The Morgan fingerprint density at radius 2 is 2.15 bits per heavy atom. The van der Waals surface area contributed by atoms with Gasteiger partial charge in [0.05, 0.1) is 0 Å². The summed E-state index contributed by atoms with van der Waals surface area (Å²) >= 11 is -0.324. The molecule has 0 aliphatic carbocycles. The summed E-state index contributed by atoms with van der Waals surface area (Å²) in [6, 6.07) is 0. The number of nitrogen functional groups attached to an aromatic ring is 1. The number of rotatable bonds is 2. The third-order valence-electron chi connectivity index (χ3n) is 1.39. The van der Waals surface area contributed by atoms with Gasteiger partial charge in [0.1, 0.15) is 0 Å². The Balaban J connectivity index is 3.01. The Bertz CT molecular complexity index is 359. The molecular weight excluding hydrogens is 239 g/mol. The number of nitrogens with two attached hydrogens (primary N) is 1. The van der Waals surface area contributed by atoms with Crippen molar-refractivity contribution in [2.75, 3.05) is 12.8 Å². The molecular formula is C7H8N2O3Se. The zero-order chi connectivity index (χ0) is 10.0. The fraction of sp³-hybridized carbons (Fsp3) is 0.286. The molecule has 0 radical (unpaired) electrons. The SMILES string of the molecule is COC(=O)C(=O)c1[se]c(N)nc1C. The zero-order valence-corrected chi connectivity index (χ0v) is 8.87. The van der Waals surface area contributed by atoms with Crippen molar-refractivity contribution in [2.45, 2.75) is 6.92 Å². The van der Waals surface area contributed by atoms with E-state index in [2.05, 4.69) is 9.72 Å². The van der Waals surface area contributed by atoms with Crippen molar-refractivity contribution in [1.82, 2.24) is 4.98 Å². The number of ketones is 1. The number of hydrogen-bond donors (Lipinski definition) is 1. The predicted molar refractivity (Wildman–Crippen MR) is 46.7 cm³/mol. The van der Waals surface area contributed by atoms with E-state index < -0.39 is 11.8 Å². The van der Waals surface area contributed by atoms with Gasteiger partial charge < -0.3 is 0 Å².